The number of aromatic nitrogens is 1. The fourth-order valence-electron chi connectivity index (χ4n) is 8.45. The lowest BCUT2D eigenvalue weighted by Gasteiger charge is -2.14. The van der Waals surface area contributed by atoms with E-state index >= 15 is 0 Å². The molecule has 0 fully saturated rings. The number of rotatable bonds is 1. The van der Waals surface area contributed by atoms with E-state index in [1.807, 2.05) is 0 Å². The van der Waals surface area contributed by atoms with Crippen LogP contribution in [0.2, 0.25) is 0 Å². The third-order valence-corrected chi connectivity index (χ3v) is 10.3. The van der Waals surface area contributed by atoms with E-state index in [0.29, 0.717) is 0 Å². The second-order valence-corrected chi connectivity index (χ2v) is 12.4. The molecule has 0 amide bonds. The highest BCUT2D eigenvalue weighted by atomic mass is 15.0. The van der Waals surface area contributed by atoms with Gasteiger partial charge in [0.1, 0.15) is 0 Å². The average molecular weight is 568 g/mol. The summed E-state index contributed by atoms with van der Waals surface area (Å²) >= 11 is 0. The summed E-state index contributed by atoms with van der Waals surface area (Å²) in [6.45, 7) is 0. The highest BCUT2D eigenvalue weighted by Gasteiger charge is 2.26. The summed E-state index contributed by atoms with van der Waals surface area (Å²) in [7, 11) is 0. The molecule has 1 aliphatic carbocycles. The fraction of sp³-hybridized carbons (Fsp3) is 0. The van der Waals surface area contributed by atoms with E-state index in [1.165, 1.54) is 104 Å². The molecular formula is C44H25N. The molecule has 1 aliphatic rings. The van der Waals surface area contributed by atoms with Gasteiger partial charge < -0.3 is 4.57 Å². The van der Waals surface area contributed by atoms with Gasteiger partial charge in [0.2, 0.25) is 0 Å². The maximum absolute atomic E-state index is 2.52. The Bertz CT molecular complexity index is 2890. The van der Waals surface area contributed by atoms with E-state index < -0.39 is 0 Å². The van der Waals surface area contributed by atoms with Gasteiger partial charge >= 0.3 is 0 Å². The number of hydrogen-bond acceptors (Lipinski definition) is 0. The van der Waals surface area contributed by atoms with E-state index in [4.69, 9.17) is 0 Å². The maximum Gasteiger partial charge on any atom is 0.0553 e. The van der Waals surface area contributed by atoms with Crippen LogP contribution in [0.5, 0.6) is 0 Å². The minimum atomic E-state index is 1.19. The van der Waals surface area contributed by atoms with E-state index in [0.717, 1.165) is 0 Å². The normalized spacial score (nSPS) is 12.4. The van der Waals surface area contributed by atoms with Gasteiger partial charge in [-0.1, -0.05) is 127 Å². The van der Waals surface area contributed by atoms with Crippen LogP contribution in [0.1, 0.15) is 0 Å². The van der Waals surface area contributed by atoms with Crippen LogP contribution in [0.4, 0.5) is 0 Å². The van der Waals surface area contributed by atoms with Crippen molar-refractivity contribution in [3.8, 4) is 27.9 Å². The van der Waals surface area contributed by atoms with Crippen LogP contribution in [0, 0.1) is 0 Å². The van der Waals surface area contributed by atoms with Crippen LogP contribution in [-0.4, -0.2) is 4.57 Å². The Kier molecular flexibility index (Phi) is 4.38. The van der Waals surface area contributed by atoms with Crippen molar-refractivity contribution < 1.29 is 0 Å². The molecule has 0 atom stereocenters. The summed E-state index contributed by atoms with van der Waals surface area (Å²) in [6.07, 6.45) is 0. The zero-order valence-corrected chi connectivity index (χ0v) is 24.4. The van der Waals surface area contributed by atoms with E-state index in [1.54, 1.807) is 0 Å². The lowest BCUT2D eigenvalue weighted by molar-refractivity contribution is 1.19. The SMILES string of the molecule is c1ccc2c(c1)-c1cccc3c1c-2cc1c3c2c3ccccc3ccc2n1-c1ccc2c3ccccc3c3ccccc3c2c1. The van der Waals surface area contributed by atoms with E-state index in [2.05, 4.69) is 156 Å². The molecular weight excluding hydrogens is 542 g/mol. The van der Waals surface area contributed by atoms with Crippen molar-refractivity contribution in [3.05, 3.63) is 152 Å². The van der Waals surface area contributed by atoms with Crippen LogP contribution in [0.15, 0.2) is 152 Å². The van der Waals surface area contributed by atoms with E-state index in [9.17, 15) is 0 Å². The highest BCUT2D eigenvalue weighted by molar-refractivity contribution is 6.33. The Morgan fingerprint density at radius 2 is 0.844 bits per heavy atom. The molecule has 1 aromatic heterocycles. The van der Waals surface area contributed by atoms with Crippen molar-refractivity contribution in [3.63, 3.8) is 0 Å². The monoisotopic (exact) mass is 567 g/mol. The van der Waals surface area contributed by atoms with Gasteiger partial charge in [0, 0.05) is 16.5 Å². The van der Waals surface area contributed by atoms with Crippen molar-refractivity contribution in [1.82, 2.24) is 4.57 Å². The van der Waals surface area contributed by atoms with Gasteiger partial charge in [0.25, 0.3) is 0 Å². The Balaban J connectivity index is 1.35. The first kappa shape index (κ1) is 23.5. The average Bonchev–Trinajstić information content (AvgIpc) is 3.62. The van der Waals surface area contributed by atoms with Gasteiger partial charge in [0.15, 0.2) is 0 Å². The molecule has 0 N–H and O–H groups in total. The molecule has 1 heteroatoms. The molecule has 0 bridgehead atoms. The van der Waals surface area contributed by atoms with Crippen LogP contribution < -0.4 is 0 Å². The lowest BCUT2D eigenvalue weighted by Crippen LogP contribution is -1.95. The van der Waals surface area contributed by atoms with Crippen molar-refractivity contribution in [2.75, 3.05) is 0 Å². The van der Waals surface area contributed by atoms with E-state index in [-0.39, 0.29) is 0 Å². The molecule has 0 unspecified atom stereocenters. The zero-order chi connectivity index (χ0) is 29.2. The summed E-state index contributed by atoms with van der Waals surface area (Å²) in [6, 6.07) is 56.4. The second kappa shape index (κ2) is 8.37. The molecule has 11 rings (SSSR count). The summed E-state index contributed by atoms with van der Waals surface area (Å²) in [5, 5.41) is 15.7. The molecule has 1 heterocycles. The highest BCUT2D eigenvalue weighted by Crippen LogP contribution is 2.52. The standard InChI is InChI=1S/C44H25N/c1-2-11-28-26(10-1)20-23-40-43(28)44-37-19-9-18-36-32-15-6-8-17-34(32)39(42(36)37)25-41(44)45(40)27-21-22-35-31-14-4-3-12-29(31)30-13-5-7-16-33(30)38(35)24-27/h1-25H. The molecule has 206 valence electrons. The topological polar surface area (TPSA) is 4.93 Å². The number of benzene rings is 9. The first-order chi connectivity index (χ1) is 22.3. The zero-order valence-electron chi connectivity index (χ0n) is 24.4. The van der Waals surface area contributed by atoms with Crippen molar-refractivity contribution in [2.45, 2.75) is 0 Å². The maximum atomic E-state index is 2.52. The minimum absolute atomic E-state index is 1.19. The lowest BCUT2D eigenvalue weighted by atomic mass is 9.94. The molecule has 0 saturated heterocycles. The van der Waals surface area contributed by atoms with Crippen molar-refractivity contribution in [2.24, 2.45) is 0 Å². The van der Waals surface area contributed by atoms with Crippen molar-refractivity contribution >= 4 is 75.7 Å². The summed E-state index contributed by atoms with van der Waals surface area (Å²) in [4.78, 5) is 0. The van der Waals surface area contributed by atoms with Gasteiger partial charge in [-0.05, 0) is 100 Å². The van der Waals surface area contributed by atoms with Crippen LogP contribution in [0.3, 0.4) is 0 Å². The third kappa shape index (κ3) is 2.93. The Morgan fingerprint density at radius 1 is 0.289 bits per heavy atom. The summed E-state index contributed by atoms with van der Waals surface area (Å²) in [5.41, 5.74) is 9.00. The predicted octanol–water partition coefficient (Wildman–Crippen LogP) is 12.2. The summed E-state index contributed by atoms with van der Waals surface area (Å²) in [5.74, 6) is 0. The molecule has 0 radical (unpaired) electrons. The second-order valence-electron chi connectivity index (χ2n) is 12.4. The van der Waals surface area contributed by atoms with Gasteiger partial charge in [0.05, 0.1) is 11.0 Å². The Hall–Kier alpha value is -5.92. The fourth-order valence-corrected chi connectivity index (χ4v) is 8.45. The first-order valence-electron chi connectivity index (χ1n) is 15.7. The molecule has 0 spiro atoms. The van der Waals surface area contributed by atoms with Gasteiger partial charge in [-0.25, -0.2) is 0 Å². The first-order valence-corrected chi connectivity index (χ1v) is 15.7. The van der Waals surface area contributed by atoms with Crippen LogP contribution in [-0.2, 0) is 0 Å². The van der Waals surface area contributed by atoms with Gasteiger partial charge in [-0.15, -0.1) is 0 Å². The molecule has 0 saturated carbocycles. The molecule has 1 nitrogen and oxygen atoms in total. The van der Waals surface area contributed by atoms with Gasteiger partial charge in [-0.3, -0.25) is 0 Å². The van der Waals surface area contributed by atoms with Crippen LogP contribution >= 0.6 is 0 Å². The number of fused-ring (bicyclic) bond motifs is 15. The number of hydrogen-bond donors (Lipinski definition) is 0. The smallest absolute Gasteiger partial charge is 0.0553 e. The molecule has 9 aromatic carbocycles. The predicted molar refractivity (Wildman–Crippen MR) is 193 cm³/mol. The molecule has 45 heavy (non-hydrogen) atoms. The largest absolute Gasteiger partial charge is 0.309 e. The minimum Gasteiger partial charge on any atom is -0.309 e. The third-order valence-electron chi connectivity index (χ3n) is 10.3. The Labute approximate surface area is 259 Å². The van der Waals surface area contributed by atoms with Crippen LogP contribution in [0.25, 0.3) is 104 Å². The number of nitrogens with zero attached hydrogens (tertiary/aromatic N) is 1. The summed E-state index contributed by atoms with van der Waals surface area (Å²) < 4.78 is 2.52. The van der Waals surface area contributed by atoms with Crippen molar-refractivity contribution in [1.29, 1.82) is 0 Å². The molecule has 10 aromatic rings. The molecule has 0 aliphatic heterocycles. The van der Waals surface area contributed by atoms with Gasteiger partial charge in [-0.2, -0.15) is 0 Å². The Morgan fingerprint density at radius 3 is 1.60 bits per heavy atom. The quantitative estimate of drug-likeness (QED) is 0.174.